The first-order valence-electron chi connectivity index (χ1n) is 9.98. The standard InChI is InChI=1S/C22H23BrFN3O2S/c23-17-7-6-16(19(24)14-17)15-30-22-25-20-5-2-1-4-18(20)21(28)27(22)9-3-8-26-10-12-29-13-11-26/h1-2,4-7,14H,3,8-13,15H2. The number of halogens is 2. The Morgan fingerprint density at radius 2 is 1.93 bits per heavy atom. The van der Waals surface area contributed by atoms with E-state index >= 15 is 0 Å². The third-order valence-electron chi connectivity index (χ3n) is 5.16. The van der Waals surface area contributed by atoms with Gasteiger partial charge in [0.15, 0.2) is 5.16 Å². The van der Waals surface area contributed by atoms with Gasteiger partial charge in [0.1, 0.15) is 5.82 Å². The molecule has 0 amide bonds. The zero-order valence-corrected chi connectivity index (χ0v) is 18.9. The number of rotatable bonds is 7. The van der Waals surface area contributed by atoms with Gasteiger partial charge in [-0.2, -0.15) is 0 Å². The number of fused-ring (bicyclic) bond motifs is 1. The Morgan fingerprint density at radius 1 is 1.13 bits per heavy atom. The molecule has 0 spiro atoms. The largest absolute Gasteiger partial charge is 0.379 e. The lowest BCUT2D eigenvalue weighted by Gasteiger charge is -2.26. The summed E-state index contributed by atoms with van der Waals surface area (Å²) in [5.41, 5.74) is 1.22. The molecule has 1 aliphatic rings. The molecule has 4 rings (SSSR count). The van der Waals surface area contributed by atoms with Crippen LogP contribution in [-0.4, -0.2) is 47.3 Å². The second-order valence-corrected chi connectivity index (χ2v) is 9.06. The molecular weight excluding hydrogens is 469 g/mol. The number of nitrogens with zero attached hydrogens (tertiary/aromatic N) is 3. The van der Waals surface area contributed by atoms with E-state index in [2.05, 4.69) is 20.8 Å². The molecule has 1 aromatic heterocycles. The van der Waals surface area contributed by atoms with Gasteiger partial charge >= 0.3 is 0 Å². The molecule has 1 fully saturated rings. The smallest absolute Gasteiger partial charge is 0.262 e. The molecule has 2 aromatic carbocycles. The van der Waals surface area contributed by atoms with Gasteiger partial charge in [0.25, 0.3) is 5.56 Å². The molecule has 5 nitrogen and oxygen atoms in total. The van der Waals surface area contributed by atoms with Crippen LogP contribution in [0, 0.1) is 5.82 Å². The summed E-state index contributed by atoms with van der Waals surface area (Å²) in [6, 6.07) is 12.4. The number of benzene rings is 2. The van der Waals surface area contributed by atoms with E-state index in [1.807, 2.05) is 30.3 Å². The maximum absolute atomic E-state index is 14.2. The Labute approximate surface area is 187 Å². The van der Waals surface area contributed by atoms with Gasteiger partial charge in [0.2, 0.25) is 0 Å². The summed E-state index contributed by atoms with van der Waals surface area (Å²) in [5, 5.41) is 1.24. The summed E-state index contributed by atoms with van der Waals surface area (Å²) in [4.78, 5) is 20.2. The van der Waals surface area contributed by atoms with Gasteiger partial charge in [-0.25, -0.2) is 9.37 Å². The lowest BCUT2D eigenvalue weighted by atomic mass is 10.2. The Hall–Kier alpha value is -1.74. The summed E-state index contributed by atoms with van der Waals surface area (Å²) in [6.45, 7) is 4.87. The monoisotopic (exact) mass is 491 g/mol. The molecular formula is C22H23BrFN3O2S. The summed E-state index contributed by atoms with van der Waals surface area (Å²) >= 11 is 4.68. The van der Waals surface area contributed by atoms with Crippen LogP contribution in [0.5, 0.6) is 0 Å². The van der Waals surface area contributed by atoms with E-state index in [1.165, 1.54) is 17.8 Å². The van der Waals surface area contributed by atoms with Gasteiger partial charge in [0, 0.05) is 36.4 Å². The quantitative estimate of drug-likeness (QED) is 0.364. The van der Waals surface area contributed by atoms with Crippen molar-refractivity contribution in [2.24, 2.45) is 0 Å². The molecule has 30 heavy (non-hydrogen) atoms. The van der Waals surface area contributed by atoms with Crippen LogP contribution < -0.4 is 5.56 Å². The van der Waals surface area contributed by atoms with E-state index in [4.69, 9.17) is 9.72 Å². The van der Waals surface area contributed by atoms with Crippen LogP contribution in [0.1, 0.15) is 12.0 Å². The topological polar surface area (TPSA) is 47.4 Å². The Morgan fingerprint density at radius 3 is 2.73 bits per heavy atom. The van der Waals surface area contributed by atoms with Crippen molar-refractivity contribution < 1.29 is 9.13 Å². The number of morpholine rings is 1. The highest BCUT2D eigenvalue weighted by Gasteiger charge is 2.14. The van der Waals surface area contributed by atoms with Crippen LogP contribution in [0.25, 0.3) is 10.9 Å². The van der Waals surface area contributed by atoms with E-state index in [9.17, 15) is 9.18 Å². The van der Waals surface area contributed by atoms with Crippen molar-refractivity contribution in [1.29, 1.82) is 0 Å². The number of hydrogen-bond acceptors (Lipinski definition) is 5. The summed E-state index contributed by atoms with van der Waals surface area (Å²) in [7, 11) is 0. The molecule has 1 aliphatic heterocycles. The van der Waals surface area contributed by atoms with Crippen LogP contribution in [-0.2, 0) is 17.0 Å². The van der Waals surface area contributed by atoms with Gasteiger partial charge < -0.3 is 4.74 Å². The molecule has 0 radical (unpaired) electrons. The lowest BCUT2D eigenvalue weighted by Crippen LogP contribution is -2.37. The minimum Gasteiger partial charge on any atom is -0.379 e. The molecule has 3 aromatic rings. The first kappa shape index (κ1) is 21.5. The third-order valence-corrected chi connectivity index (χ3v) is 6.68. The minimum atomic E-state index is -0.265. The predicted molar refractivity (Wildman–Crippen MR) is 122 cm³/mol. The van der Waals surface area contributed by atoms with E-state index in [0.29, 0.717) is 38.4 Å². The number of ether oxygens (including phenoxy) is 1. The third kappa shape index (κ3) is 5.11. The molecule has 2 heterocycles. The molecule has 0 atom stereocenters. The second-order valence-electron chi connectivity index (χ2n) is 7.20. The number of aromatic nitrogens is 2. The average Bonchev–Trinajstić information content (AvgIpc) is 2.76. The molecule has 1 saturated heterocycles. The maximum Gasteiger partial charge on any atom is 0.262 e. The van der Waals surface area contributed by atoms with Crippen LogP contribution in [0.2, 0.25) is 0 Å². The average molecular weight is 492 g/mol. The fourth-order valence-electron chi connectivity index (χ4n) is 3.51. The molecule has 158 valence electrons. The molecule has 0 saturated carbocycles. The molecule has 0 unspecified atom stereocenters. The van der Waals surface area contributed by atoms with Crippen molar-refractivity contribution in [3.63, 3.8) is 0 Å². The highest BCUT2D eigenvalue weighted by atomic mass is 79.9. The zero-order chi connectivity index (χ0) is 20.9. The van der Waals surface area contributed by atoms with Gasteiger partial charge in [-0.05, 0) is 36.2 Å². The van der Waals surface area contributed by atoms with Crippen molar-refractivity contribution >= 4 is 38.6 Å². The SMILES string of the molecule is O=c1c2ccccc2nc(SCc2ccc(Br)cc2F)n1CCCN1CCOCC1. The molecule has 0 N–H and O–H groups in total. The van der Waals surface area contributed by atoms with E-state index in [-0.39, 0.29) is 11.4 Å². The fraction of sp³-hybridized carbons (Fsp3) is 0.364. The minimum absolute atomic E-state index is 0.0404. The van der Waals surface area contributed by atoms with Crippen LogP contribution in [0.3, 0.4) is 0 Å². The van der Waals surface area contributed by atoms with Crippen molar-refractivity contribution in [3.8, 4) is 0 Å². The van der Waals surface area contributed by atoms with Crippen LogP contribution in [0.4, 0.5) is 4.39 Å². The predicted octanol–water partition coefficient (Wildman–Crippen LogP) is 4.31. The molecule has 0 bridgehead atoms. The summed E-state index contributed by atoms with van der Waals surface area (Å²) in [6.07, 6.45) is 0.847. The summed E-state index contributed by atoms with van der Waals surface area (Å²) < 4.78 is 22.1. The fourth-order valence-corrected chi connectivity index (χ4v) is 4.86. The first-order valence-corrected chi connectivity index (χ1v) is 11.8. The highest BCUT2D eigenvalue weighted by Crippen LogP contribution is 2.25. The van der Waals surface area contributed by atoms with Crippen molar-refractivity contribution in [3.05, 3.63) is 68.7 Å². The van der Waals surface area contributed by atoms with Crippen molar-refractivity contribution in [2.75, 3.05) is 32.8 Å². The van der Waals surface area contributed by atoms with E-state index in [0.717, 1.165) is 39.3 Å². The van der Waals surface area contributed by atoms with Gasteiger partial charge in [-0.3, -0.25) is 14.3 Å². The Balaban J connectivity index is 1.56. The Kier molecular flexibility index (Phi) is 7.20. The van der Waals surface area contributed by atoms with E-state index in [1.54, 1.807) is 10.6 Å². The molecule has 0 aliphatic carbocycles. The second kappa shape index (κ2) is 10.0. The van der Waals surface area contributed by atoms with Gasteiger partial charge in [-0.1, -0.05) is 45.9 Å². The molecule has 8 heteroatoms. The first-order chi connectivity index (χ1) is 14.6. The zero-order valence-electron chi connectivity index (χ0n) is 16.5. The highest BCUT2D eigenvalue weighted by molar-refractivity contribution is 9.10. The maximum atomic E-state index is 14.2. The van der Waals surface area contributed by atoms with Crippen LogP contribution >= 0.6 is 27.7 Å². The number of hydrogen-bond donors (Lipinski definition) is 0. The van der Waals surface area contributed by atoms with E-state index < -0.39 is 0 Å². The van der Waals surface area contributed by atoms with Crippen molar-refractivity contribution in [2.45, 2.75) is 23.9 Å². The summed E-state index contributed by atoms with van der Waals surface area (Å²) in [5.74, 6) is 0.145. The van der Waals surface area contributed by atoms with Crippen molar-refractivity contribution in [1.82, 2.24) is 14.5 Å². The Bertz CT molecular complexity index is 1090. The lowest BCUT2D eigenvalue weighted by molar-refractivity contribution is 0.0368. The van der Waals surface area contributed by atoms with Gasteiger partial charge in [0.05, 0.1) is 24.1 Å². The van der Waals surface area contributed by atoms with Crippen LogP contribution in [0.15, 0.2) is 56.9 Å². The number of thioether (sulfide) groups is 1. The van der Waals surface area contributed by atoms with Gasteiger partial charge in [-0.15, -0.1) is 0 Å². The normalized spacial score (nSPS) is 15.0. The number of para-hydroxylation sites is 1.